The van der Waals surface area contributed by atoms with Crippen LogP contribution in [-0.2, 0) is 4.79 Å². The number of amides is 1. The lowest BCUT2D eigenvalue weighted by Gasteiger charge is -2.14. The van der Waals surface area contributed by atoms with E-state index in [2.05, 4.69) is 22.4 Å². The molecule has 2 aromatic rings. The number of benzene rings is 1. The third-order valence-corrected chi connectivity index (χ3v) is 6.28. The number of para-hydroxylation sites is 1. The van der Waals surface area contributed by atoms with E-state index in [0.29, 0.717) is 0 Å². The maximum absolute atomic E-state index is 12.2. The number of allylic oxidation sites excluding steroid dienone is 1. The summed E-state index contributed by atoms with van der Waals surface area (Å²) in [5.74, 6) is 0.102. The second-order valence-corrected chi connectivity index (χ2v) is 8.48. The number of fused-ring (bicyclic) bond motifs is 1. The molecule has 1 aromatic heterocycles. The Bertz CT molecular complexity index is 675. The van der Waals surface area contributed by atoms with Gasteiger partial charge >= 0.3 is 0 Å². The van der Waals surface area contributed by atoms with Crippen LogP contribution >= 0.6 is 23.1 Å². The third-order valence-electron chi connectivity index (χ3n) is 4.05. The van der Waals surface area contributed by atoms with Crippen molar-refractivity contribution in [2.24, 2.45) is 0 Å². The van der Waals surface area contributed by atoms with Crippen LogP contribution in [0.4, 0.5) is 0 Å². The number of hydrogen-bond donors (Lipinski definition) is 1. The highest BCUT2D eigenvalue weighted by atomic mass is 32.2. The van der Waals surface area contributed by atoms with Gasteiger partial charge in [0.05, 0.1) is 15.5 Å². The number of nitrogens with one attached hydrogen (secondary N) is 1. The smallest absolute Gasteiger partial charge is 0.233 e. The average molecular weight is 347 g/mol. The van der Waals surface area contributed by atoms with Gasteiger partial charge in [-0.3, -0.25) is 4.79 Å². The fraction of sp³-hybridized carbons (Fsp3) is 0.444. The van der Waals surface area contributed by atoms with Crippen LogP contribution in [0.1, 0.15) is 39.0 Å². The van der Waals surface area contributed by atoms with Gasteiger partial charge in [0.25, 0.3) is 0 Å². The number of nitrogens with zero attached hydrogens (tertiary/aromatic N) is 1. The van der Waals surface area contributed by atoms with E-state index in [-0.39, 0.29) is 11.2 Å². The minimum atomic E-state index is -0.115. The molecule has 1 heterocycles. The van der Waals surface area contributed by atoms with Gasteiger partial charge in [0, 0.05) is 6.54 Å². The highest BCUT2D eigenvalue weighted by Gasteiger charge is 2.16. The molecule has 0 radical (unpaired) electrons. The van der Waals surface area contributed by atoms with Gasteiger partial charge in [-0.25, -0.2) is 4.98 Å². The molecule has 0 saturated carbocycles. The molecule has 122 valence electrons. The predicted molar refractivity (Wildman–Crippen MR) is 99.1 cm³/mol. The van der Waals surface area contributed by atoms with Crippen LogP contribution in [0.3, 0.4) is 0 Å². The molecule has 0 spiro atoms. The summed E-state index contributed by atoms with van der Waals surface area (Å²) in [6.45, 7) is 2.70. The van der Waals surface area contributed by atoms with E-state index in [9.17, 15) is 4.79 Å². The molecule has 0 saturated heterocycles. The molecule has 3 nitrogen and oxygen atoms in total. The fourth-order valence-electron chi connectivity index (χ4n) is 2.73. The van der Waals surface area contributed by atoms with Crippen LogP contribution in [0.25, 0.3) is 10.2 Å². The van der Waals surface area contributed by atoms with Crippen LogP contribution in [0.15, 0.2) is 40.3 Å². The van der Waals surface area contributed by atoms with E-state index in [0.717, 1.165) is 22.8 Å². The third kappa shape index (κ3) is 4.58. The first kappa shape index (κ1) is 16.5. The maximum atomic E-state index is 12.2. The first-order chi connectivity index (χ1) is 11.2. The van der Waals surface area contributed by atoms with Crippen LogP contribution < -0.4 is 5.32 Å². The minimum Gasteiger partial charge on any atom is -0.355 e. The van der Waals surface area contributed by atoms with Crippen molar-refractivity contribution in [3.8, 4) is 0 Å². The van der Waals surface area contributed by atoms with Crippen molar-refractivity contribution in [2.75, 3.05) is 6.54 Å². The van der Waals surface area contributed by atoms with Gasteiger partial charge in [-0.05, 0) is 51.2 Å². The monoisotopic (exact) mass is 346 g/mol. The number of carbonyl (C=O) groups is 1. The number of hydrogen-bond acceptors (Lipinski definition) is 4. The molecule has 0 unspecified atom stereocenters. The summed E-state index contributed by atoms with van der Waals surface area (Å²) in [6.07, 6.45) is 8.34. The topological polar surface area (TPSA) is 42.0 Å². The molecular formula is C18H22N2OS2. The molecule has 1 aromatic carbocycles. The molecule has 1 aliphatic carbocycles. The summed E-state index contributed by atoms with van der Waals surface area (Å²) in [5, 5.41) is 2.95. The Labute approximate surface area is 145 Å². The van der Waals surface area contributed by atoms with E-state index in [1.165, 1.54) is 36.0 Å². The van der Waals surface area contributed by atoms with Gasteiger partial charge in [0.15, 0.2) is 4.34 Å². The molecule has 5 heteroatoms. The lowest BCUT2D eigenvalue weighted by Crippen LogP contribution is -2.31. The maximum Gasteiger partial charge on any atom is 0.233 e. The van der Waals surface area contributed by atoms with Crippen LogP contribution in [0.5, 0.6) is 0 Å². The summed E-state index contributed by atoms with van der Waals surface area (Å²) in [4.78, 5) is 16.8. The van der Waals surface area contributed by atoms with Gasteiger partial charge in [-0.2, -0.15) is 0 Å². The average Bonchev–Trinajstić information content (AvgIpc) is 2.98. The molecule has 3 rings (SSSR count). The number of aromatic nitrogens is 1. The van der Waals surface area contributed by atoms with E-state index in [1.54, 1.807) is 23.1 Å². The second-order valence-electron chi connectivity index (χ2n) is 5.86. The van der Waals surface area contributed by atoms with E-state index >= 15 is 0 Å². The molecule has 0 aliphatic heterocycles. The largest absolute Gasteiger partial charge is 0.355 e. The zero-order valence-corrected chi connectivity index (χ0v) is 15.0. The van der Waals surface area contributed by atoms with Crippen LogP contribution in [-0.4, -0.2) is 22.7 Å². The van der Waals surface area contributed by atoms with Crippen molar-refractivity contribution < 1.29 is 4.79 Å². The highest BCUT2D eigenvalue weighted by molar-refractivity contribution is 8.02. The molecule has 1 N–H and O–H groups in total. The summed E-state index contributed by atoms with van der Waals surface area (Å²) >= 11 is 3.20. The molecule has 1 aliphatic rings. The first-order valence-electron chi connectivity index (χ1n) is 8.20. The zero-order valence-electron chi connectivity index (χ0n) is 13.4. The van der Waals surface area contributed by atoms with Crippen LogP contribution in [0, 0.1) is 0 Å². The number of thioether (sulfide) groups is 1. The number of rotatable bonds is 6. The number of thiazole rings is 1. The summed E-state index contributed by atoms with van der Waals surface area (Å²) in [7, 11) is 0. The van der Waals surface area contributed by atoms with Gasteiger partial charge < -0.3 is 5.32 Å². The Morgan fingerprint density at radius 1 is 1.39 bits per heavy atom. The Hall–Kier alpha value is -1.33. The van der Waals surface area contributed by atoms with Gasteiger partial charge in [0.1, 0.15) is 0 Å². The van der Waals surface area contributed by atoms with Crippen molar-refractivity contribution in [1.29, 1.82) is 0 Å². The lowest BCUT2D eigenvalue weighted by molar-refractivity contribution is -0.120. The minimum absolute atomic E-state index is 0.102. The lowest BCUT2D eigenvalue weighted by atomic mass is 9.97. The quantitative estimate of drug-likeness (QED) is 0.604. The van der Waals surface area contributed by atoms with Crippen molar-refractivity contribution in [3.05, 3.63) is 35.9 Å². The molecule has 1 amide bonds. The first-order valence-corrected chi connectivity index (χ1v) is 9.90. The molecule has 0 fully saturated rings. The molecule has 23 heavy (non-hydrogen) atoms. The standard InChI is InChI=1S/C18H22N2OS2/c1-13(17(21)19-12-11-14-7-3-2-4-8-14)22-18-20-15-9-5-6-10-16(15)23-18/h5-7,9-10,13H,2-4,8,11-12H2,1H3,(H,19,21)/t13-/m1/s1. The highest BCUT2D eigenvalue weighted by Crippen LogP contribution is 2.31. The zero-order chi connectivity index (χ0) is 16.1. The summed E-state index contributed by atoms with van der Waals surface area (Å²) in [5.41, 5.74) is 2.51. The number of carbonyl (C=O) groups excluding carboxylic acids is 1. The molecule has 1 atom stereocenters. The van der Waals surface area contributed by atoms with Gasteiger partial charge in [-0.15, -0.1) is 11.3 Å². The normalized spacial score (nSPS) is 16.1. The van der Waals surface area contributed by atoms with E-state index in [1.807, 2.05) is 25.1 Å². The summed E-state index contributed by atoms with van der Waals surface area (Å²) < 4.78 is 2.13. The van der Waals surface area contributed by atoms with E-state index in [4.69, 9.17) is 0 Å². The van der Waals surface area contributed by atoms with Gasteiger partial charge in [0.2, 0.25) is 5.91 Å². The van der Waals surface area contributed by atoms with Crippen molar-refractivity contribution >= 4 is 39.2 Å². The Kier molecular flexibility index (Phi) is 5.73. The van der Waals surface area contributed by atoms with Crippen molar-refractivity contribution in [3.63, 3.8) is 0 Å². The predicted octanol–water partition coefficient (Wildman–Crippen LogP) is 4.78. The molecular weight excluding hydrogens is 324 g/mol. The summed E-state index contributed by atoms with van der Waals surface area (Å²) in [6, 6.07) is 8.09. The van der Waals surface area contributed by atoms with Crippen LogP contribution in [0.2, 0.25) is 0 Å². The van der Waals surface area contributed by atoms with Crippen molar-refractivity contribution in [2.45, 2.75) is 48.6 Å². The van der Waals surface area contributed by atoms with Gasteiger partial charge in [-0.1, -0.05) is 35.5 Å². The Balaban J connectivity index is 1.48. The second kappa shape index (κ2) is 7.97. The Morgan fingerprint density at radius 3 is 3.04 bits per heavy atom. The SMILES string of the molecule is C[C@@H](Sc1nc2ccccc2s1)C(=O)NCCC1=CCCCC1. The fourth-order valence-corrected chi connectivity index (χ4v) is 4.96. The Morgan fingerprint density at radius 2 is 2.26 bits per heavy atom. The van der Waals surface area contributed by atoms with E-state index < -0.39 is 0 Å². The van der Waals surface area contributed by atoms with Crippen molar-refractivity contribution in [1.82, 2.24) is 10.3 Å². The molecule has 0 bridgehead atoms.